The molecule has 126 valence electrons. The molecular formula is C18H20N2O3S. The molecule has 2 heterocycles. The van der Waals surface area contributed by atoms with E-state index < -0.39 is 5.97 Å². The van der Waals surface area contributed by atoms with Crippen LogP contribution in [0.2, 0.25) is 0 Å². The van der Waals surface area contributed by atoms with E-state index >= 15 is 0 Å². The maximum absolute atomic E-state index is 12.7. The second-order valence-electron chi connectivity index (χ2n) is 5.85. The first kappa shape index (κ1) is 16.5. The van der Waals surface area contributed by atoms with Crippen LogP contribution in [0.5, 0.6) is 0 Å². The molecule has 1 aromatic carbocycles. The first-order chi connectivity index (χ1) is 11.6. The topological polar surface area (TPSA) is 58.6 Å². The van der Waals surface area contributed by atoms with Gasteiger partial charge in [-0.05, 0) is 36.8 Å². The first-order valence-corrected chi connectivity index (χ1v) is 8.78. The van der Waals surface area contributed by atoms with Gasteiger partial charge in [0.2, 0.25) is 0 Å². The van der Waals surface area contributed by atoms with Crippen LogP contribution in [0.4, 0.5) is 10.5 Å². The summed E-state index contributed by atoms with van der Waals surface area (Å²) < 4.78 is 4.75. The van der Waals surface area contributed by atoms with Gasteiger partial charge in [-0.3, -0.25) is 0 Å². The van der Waals surface area contributed by atoms with E-state index in [2.05, 4.69) is 29.6 Å². The Morgan fingerprint density at radius 1 is 1.25 bits per heavy atom. The summed E-state index contributed by atoms with van der Waals surface area (Å²) in [6.07, 6.45) is 1.92. The molecule has 1 saturated heterocycles. The molecule has 0 saturated carbocycles. The highest BCUT2D eigenvalue weighted by Crippen LogP contribution is 2.33. The van der Waals surface area contributed by atoms with Crippen molar-refractivity contribution in [1.82, 2.24) is 4.90 Å². The number of rotatable bonds is 3. The molecule has 1 atom stereocenters. The van der Waals surface area contributed by atoms with Crippen molar-refractivity contribution >= 4 is 29.0 Å². The monoisotopic (exact) mass is 344 g/mol. The second kappa shape index (κ2) is 7.05. The summed E-state index contributed by atoms with van der Waals surface area (Å²) in [5.74, 6) is -0.434. The third-order valence-electron chi connectivity index (χ3n) is 4.25. The van der Waals surface area contributed by atoms with E-state index in [0.29, 0.717) is 17.1 Å². The number of esters is 1. The van der Waals surface area contributed by atoms with Crippen LogP contribution in [-0.4, -0.2) is 30.6 Å². The summed E-state index contributed by atoms with van der Waals surface area (Å²) in [5.41, 5.74) is 2.85. The van der Waals surface area contributed by atoms with Gasteiger partial charge in [0.05, 0.1) is 18.8 Å². The molecule has 1 N–H and O–H groups in total. The van der Waals surface area contributed by atoms with Gasteiger partial charge >= 0.3 is 12.0 Å². The van der Waals surface area contributed by atoms with Crippen molar-refractivity contribution in [2.75, 3.05) is 19.0 Å². The van der Waals surface area contributed by atoms with E-state index in [1.54, 1.807) is 11.4 Å². The lowest BCUT2D eigenvalue weighted by Crippen LogP contribution is -2.34. The molecule has 24 heavy (non-hydrogen) atoms. The highest BCUT2D eigenvalue weighted by molar-refractivity contribution is 7.12. The molecule has 1 aliphatic rings. The zero-order valence-electron chi connectivity index (χ0n) is 13.7. The van der Waals surface area contributed by atoms with Crippen molar-refractivity contribution in [1.29, 1.82) is 0 Å². The molecule has 3 rings (SSSR count). The molecular weight excluding hydrogens is 324 g/mol. The number of nitrogens with one attached hydrogen (secondary N) is 1. The number of aryl methyl sites for hydroxylation is 1. The molecule has 0 spiro atoms. The third kappa shape index (κ3) is 3.28. The lowest BCUT2D eigenvalue weighted by atomic mass is 10.0. The molecule has 5 nitrogen and oxygen atoms in total. The van der Waals surface area contributed by atoms with Gasteiger partial charge in [0.25, 0.3) is 0 Å². The van der Waals surface area contributed by atoms with Crippen molar-refractivity contribution in [2.24, 2.45) is 0 Å². The number of urea groups is 1. The van der Waals surface area contributed by atoms with Gasteiger partial charge < -0.3 is 15.0 Å². The summed E-state index contributed by atoms with van der Waals surface area (Å²) in [4.78, 5) is 26.7. The smallest absolute Gasteiger partial charge is 0.350 e. The molecule has 0 unspecified atom stereocenters. The number of hydrogen-bond acceptors (Lipinski definition) is 4. The largest absolute Gasteiger partial charge is 0.465 e. The third-order valence-corrected chi connectivity index (χ3v) is 5.15. The second-order valence-corrected chi connectivity index (χ2v) is 6.76. The van der Waals surface area contributed by atoms with Crippen molar-refractivity contribution in [2.45, 2.75) is 25.8 Å². The van der Waals surface area contributed by atoms with Crippen LogP contribution in [-0.2, 0) is 4.74 Å². The summed E-state index contributed by atoms with van der Waals surface area (Å²) in [6.45, 7) is 2.76. The molecule has 1 aliphatic heterocycles. The van der Waals surface area contributed by atoms with Crippen molar-refractivity contribution in [3.05, 3.63) is 51.7 Å². The summed E-state index contributed by atoms with van der Waals surface area (Å²) in [7, 11) is 1.33. The van der Waals surface area contributed by atoms with E-state index in [1.807, 2.05) is 11.8 Å². The number of carbonyl (C=O) groups excluding carboxylic acids is 2. The molecule has 2 aromatic rings. The van der Waals surface area contributed by atoms with Crippen LogP contribution in [0.25, 0.3) is 0 Å². The molecule has 0 aliphatic carbocycles. The van der Waals surface area contributed by atoms with E-state index in [4.69, 9.17) is 4.74 Å². The predicted octanol–water partition coefficient (Wildman–Crippen LogP) is 4.21. The fourth-order valence-electron chi connectivity index (χ4n) is 2.99. The maximum atomic E-state index is 12.7. The lowest BCUT2D eigenvalue weighted by molar-refractivity contribution is 0.0607. The average Bonchev–Trinajstić information content (AvgIpc) is 3.24. The first-order valence-electron chi connectivity index (χ1n) is 7.90. The minimum absolute atomic E-state index is 0.0748. The van der Waals surface area contributed by atoms with Crippen LogP contribution in [0.3, 0.4) is 0 Å². The highest BCUT2D eigenvalue weighted by Gasteiger charge is 2.30. The Balaban J connectivity index is 1.76. The predicted molar refractivity (Wildman–Crippen MR) is 94.5 cm³/mol. The normalized spacial score (nSPS) is 16.9. The summed E-state index contributed by atoms with van der Waals surface area (Å²) in [5, 5.41) is 4.62. The zero-order valence-corrected chi connectivity index (χ0v) is 14.6. The summed E-state index contributed by atoms with van der Waals surface area (Å²) >= 11 is 1.26. The van der Waals surface area contributed by atoms with Gasteiger partial charge in [-0.15, -0.1) is 11.3 Å². The molecule has 0 bridgehead atoms. The SMILES string of the molecule is COC(=O)c1sccc1NC(=O)N1CCC[C@H]1c1ccc(C)cc1. The van der Waals surface area contributed by atoms with Gasteiger partial charge in [0.1, 0.15) is 4.88 Å². The van der Waals surface area contributed by atoms with E-state index in [1.165, 1.54) is 24.0 Å². The number of likely N-dealkylation sites (tertiary alicyclic amines) is 1. The van der Waals surface area contributed by atoms with Crippen molar-refractivity contribution in [3.8, 4) is 0 Å². The van der Waals surface area contributed by atoms with Crippen LogP contribution in [0.1, 0.15) is 39.7 Å². The molecule has 1 aromatic heterocycles. The van der Waals surface area contributed by atoms with Gasteiger partial charge in [0, 0.05) is 6.54 Å². The number of carbonyl (C=O) groups is 2. The molecule has 0 radical (unpaired) electrons. The fraction of sp³-hybridized carbons (Fsp3) is 0.333. The minimum Gasteiger partial charge on any atom is -0.465 e. The molecule has 2 amide bonds. The lowest BCUT2D eigenvalue weighted by Gasteiger charge is -2.25. The Bertz CT molecular complexity index is 739. The quantitative estimate of drug-likeness (QED) is 0.849. The number of hydrogen-bond donors (Lipinski definition) is 1. The van der Waals surface area contributed by atoms with E-state index in [0.717, 1.165) is 18.4 Å². The van der Waals surface area contributed by atoms with Crippen molar-refractivity contribution in [3.63, 3.8) is 0 Å². The number of nitrogens with zero attached hydrogens (tertiary/aromatic N) is 1. The number of ether oxygens (including phenoxy) is 1. The highest BCUT2D eigenvalue weighted by atomic mass is 32.1. The summed E-state index contributed by atoms with van der Waals surface area (Å²) in [6, 6.07) is 9.92. The van der Waals surface area contributed by atoms with E-state index in [-0.39, 0.29) is 12.1 Å². The van der Waals surface area contributed by atoms with Gasteiger partial charge in [-0.1, -0.05) is 29.8 Å². The standard InChI is InChI=1S/C18H20N2O3S/c1-12-5-7-13(8-6-12)15-4-3-10-20(15)18(22)19-14-9-11-24-16(14)17(21)23-2/h5-9,11,15H,3-4,10H2,1-2H3,(H,19,22)/t15-/m0/s1. The Morgan fingerprint density at radius 2 is 2.00 bits per heavy atom. The van der Waals surface area contributed by atoms with Crippen LogP contribution in [0.15, 0.2) is 35.7 Å². The average molecular weight is 344 g/mol. The Kier molecular flexibility index (Phi) is 4.85. The Hall–Kier alpha value is -2.34. The fourth-order valence-corrected chi connectivity index (χ4v) is 3.76. The Labute approximate surface area is 145 Å². The van der Waals surface area contributed by atoms with Crippen molar-refractivity contribution < 1.29 is 14.3 Å². The Morgan fingerprint density at radius 3 is 2.71 bits per heavy atom. The van der Waals surface area contributed by atoms with Gasteiger partial charge in [0.15, 0.2) is 0 Å². The van der Waals surface area contributed by atoms with E-state index in [9.17, 15) is 9.59 Å². The number of amides is 2. The number of methoxy groups -OCH3 is 1. The number of anilines is 1. The van der Waals surface area contributed by atoms with Crippen LogP contribution >= 0.6 is 11.3 Å². The number of thiophene rings is 1. The van der Waals surface area contributed by atoms with Crippen LogP contribution < -0.4 is 5.32 Å². The minimum atomic E-state index is -0.434. The molecule has 6 heteroatoms. The van der Waals surface area contributed by atoms with Crippen LogP contribution in [0, 0.1) is 6.92 Å². The zero-order chi connectivity index (χ0) is 17.1. The maximum Gasteiger partial charge on any atom is 0.350 e. The van der Waals surface area contributed by atoms with Gasteiger partial charge in [-0.2, -0.15) is 0 Å². The number of benzene rings is 1. The molecule has 1 fully saturated rings. The van der Waals surface area contributed by atoms with Gasteiger partial charge in [-0.25, -0.2) is 9.59 Å².